The molecule has 0 aliphatic carbocycles. The summed E-state index contributed by atoms with van der Waals surface area (Å²) in [6, 6.07) is 7.65. The molecule has 3 N–H and O–H groups in total. The van der Waals surface area contributed by atoms with E-state index in [0.717, 1.165) is 22.8 Å². The second kappa shape index (κ2) is 10.4. The fraction of sp³-hybridized carbons (Fsp3) is 0.632. The number of hydrogen-bond donors (Lipinski definition) is 3. The van der Waals surface area contributed by atoms with E-state index in [2.05, 4.69) is 5.32 Å². The van der Waals surface area contributed by atoms with E-state index in [4.69, 9.17) is 9.47 Å². The van der Waals surface area contributed by atoms with Crippen molar-refractivity contribution in [1.29, 1.82) is 0 Å². The number of quaternary nitrogens is 1. The summed E-state index contributed by atoms with van der Waals surface area (Å²) in [6.07, 6.45) is -0.618. The van der Waals surface area contributed by atoms with Crippen LogP contribution in [0.3, 0.4) is 0 Å². The second-order valence-corrected chi connectivity index (χ2v) is 7.26. The van der Waals surface area contributed by atoms with Gasteiger partial charge in [-0.3, -0.25) is 4.79 Å². The summed E-state index contributed by atoms with van der Waals surface area (Å²) in [7, 11) is 1.62. The minimum atomic E-state index is -0.618. The van der Waals surface area contributed by atoms with Gasteiger partial charge in [0.1, 0.15) is 18.4 Å². The van der Waals surface area contributed by atoms with Crippen LogP contribution >= 0.6 is 0 Å². The van der Waals surface area contributed by atoms with Gasteiger partial charge < -0.3 is 24.8 Å². The van der Waals surface area contributed by atoms with Gasteiger partial charge in [0.2, 0.25) is 0 Å². The molecule has 0 saturated carbocycles. The Balaban J connectivity index is 2.38. The summed E-state index contributed by atoms with van der Waals surface area (Å²) in [5, 5.41) is 13.1. The molecule has 0 spiro atoms. The standard InChI is InChI=1S/C19H32N2O4/c1-6-21(12-18(23)20-19(2,3)4)11-16(22)14-25-13-15-9-7-8-10-17(15)24-5/h7-10,16,22H,6,11-14H2,1-5H3,(H,20,23)/p+1/t16-/m1/s1. The van der Waals surface area contributed by atoms with E-state index >= 15 is 0 Å². The molecule has 0 bridgehead atoms. The van der Waals surface area contributed by atoms with E-state index in [1.165, 1.54) is 0 Å². The molecule has 25 heavy (non-hydrogen) atoms. The van der Waals surface area contributed by atoms with Crippen LogP contribution in [0.1, 0.15) is 33.3 Å². The van der Waals surface area contributed by atoms with E-state index in [9.17, 15) is 9.90 Å². The van der Waals surface area contributed by atoms with Gasteiger partial charge in [0.15, 0.2) is 6.54 Å². The summed E-state index contributed by atoms with van der Waals surface area (Å²) in [4.78, 5) is 13.0. The predicted octanol–water partition coefficient (Wildman–Crippen LogP) is 0.392. The maximum atomic E-state index is 12.0. The summed E-state index contributed by atoms with van der Waals surface area (Å²) in [5.41, 5.74) is 0.702. The average molecular weight is 353 g/mol. The number of rotatable bonds is 10. The van der Waals surface area contributed by atoms with Gasteiger partial charge in [-0.15, -0.1) is 0 Å². The van der Waals surface area contributed by atoms with Gasteiger partial charge >= 0.3 is 0 Å². The highest BCUT2D eigenvalue weighted by Crippen LogP contribution is 2.17. The van der Waals surface area contributed by atoms with E-state index < -0.39 is 6.10 Å². The van der Waals surface area contributed by atoms with E-state index in [-0.39, 0.29) is 18.1 Å². The number of aliphatic hydroxyl groups is 1. The first-order valence-corrected chi connectivity index (χ1v) is 8.77. The van der Waals surface area contributed by atoms with Gasteiger partial charge in [-0.05, 0) is 33.8 Å². The number of amides is 1. The van der Waals surface area contributed by atoms with Crippen molar-refractivity contribution in [2.24, 2.45) is 0 Å². The summed E-state index contributed by atoms with van der Waals surface area (Å²) >= 11 is 0. The number of likely N-dealkylation sites (N-methyl/N-ethyl adjacent to an activating group) is 1. The van der Waals surface area contributed by atoms with Crippen LogP contribution in [0.15, 0.2) is 24.3 Å². The zero-order chi connectivity index (χ0) is 18.9. The molecule has 1 aromatic rings. The fourth-order valence-electron chi connectivity index (χ4n) is 2.55. The molecule has 0 fully saturated rings. The average Bonchev–Trinajstić information content (AvgIpc) is 2.52. The van der Waals surface area contributed by atoms with Crippen LogP contribution in [-0.2, 0) is 16.1 Å². The molecule has 1 amide bonds. The Hall–Kier alpha value is -1.63. The molecule has 2 atom stereocenters. The van der Waals surface area contributed by atoms with Crippen molar-refractivity contribution in [1.82, 2.24) is 5.32 Å². The van der Waals surface area contributed by atoms with Crippen LogP contribution in [0.4, 0.5) is 0 Å². The molecule has 0 aliphatic heterocycles. The molecule has 142 valence electrons. The highest BCUT2D eigenvalue weighted by molar-refractivity contribution is 5.77. The molecule has 1 rings (SSSR count). The van der Waals surface area contributed by atoms with Crippen LogP contribution in [-0.4, -0.2) is 56.0 Å². The summed E-state index contributed by atoms with van der Waals surface area (Å²) in [6.45, 7) is 10.1. The number of aliphatic hydroxyl groups excluding tert-OH is 1. The minimum Gasteiger partial charge on any atom is -0.496 e. The third-order valence-corrected chi connectivity index (χ3v) is 3.71. The smallest absolute Gasteiger partial charge is 0.275 e. The third-order valence-electron chi connectivity index (χ3n) is 3.71. The third kappa shape index (κ3) is 8.86. The molecule has 0 heterocycles. The van der Waals surface area contributed by atoms with Gasteiger partial charge in [-0.2, -0.15) is 0 Å². The maximum absolute atomic E-state index is 12.0. The highest BCUT2D eigenvalue weighted by Gasteiger charge is 2.20. The number of benzene rings is 1. The lowest BCUT2D eigenvalue weighted by Crippen LogP contribution is -3.14. The molecule has 1 aromatic carbocycles. The molecule has 0 saturated heterocycles. The van der Waals surface area contributed by atoms with Crippen molar-refractivity contribution in [3.05, 3.63) is 29.8 Å². The van der Waals surface area contributed by atoms with E-state index in [1.807, 2.05) is 52.0 Å². The largest absolute Gasteiger partial charge is 0.496 e. The van der Waals surface area contributed by atoms with Gasteiger partial charge in [0, 0.05) is 11.1 Å². The lowest BCUT2D eigenvalue weighted by Gasteiger charge is -2.24. The first-order chi connectivity index (χ1) is 11.7. The number of ether oxygens (including phenoxy) is 2. The molecule has 1 unspecified atom stereocenters. The van der Waals surface area contributed by atoms with Crippen molar-refractivity contribution in [2.45, 2.75) is 45.9 Å². The summed E-state index contributed by atoms with van der Waals surface area (Å²) < 4.78 is 10.9. The lowest BCUT2D eigenvalue weighted by atomic mass is 10.1. The molecular formula is C19H33N2O4+. The van der Waals surface area contributed by atoms with Crippen molar-refractivity contribution < 1.29 is 24.3 Å². The molecule has 0 aromatic heterocycles. The molecule has 0 radical (unpaired) electrons. The highest BCUT2D eigenvalue weighted by atomic mass is 16.5. The Morgan fingerprint density at radius 2 is 2.00 bits per heavy atom. The Morgan fingerprint density at radius 3 is 2.60 bits per heavy atom. The number of para-hydroxylation sites is 1. The molecular weight excluding hydrogens is 320 g/mol. The SMILES string of the molecule is CC[NH+](CC(=O)NC(C)(C)C)C[C@@H](O)COCc1ccccc1OC. The normalized spacial score (nSPS) is 14.0. The second-order valence-electron chi connectivity index (χ2n) is 7.26. The number of carbonyl (C=O) groups excluding carboxylic acids is 1. The zero-order valence-electron chi connectivity index (χ0n) is 16.1. The van der Waals surface area contributed by atoms with E-state index in [0.29, 0.717) is 19.7 Å². The number of hydrogen-bond acceptors (Lipinski definition) is 4. The minimum absolute atomic E-state index is 0.00788. The van der Waals surface area contributed by atoms with Crippen LogP contribution in [0, 0.1) is 0 Å². The Morgan fingerprint density at radius 1 is 1.32 bits per heavy atom. The number of nitrogens with one attached hydrogen (secondary N) is 2. The van der Waals surface area contributed by atoms with Gasteiger partial charge in [0.05, 0.1) is 26.9 Å². The molecule has 6 nitrogen and oxygen atoms in total. The van der Waals surface area contributed by atoms with Crippen LogP contribution < -0.4 is 15.0 Å². The Kier molecular flexibility index (Phi) is 8.89. The van der Waals surface area contributed by atoms with Crippen molar-refractivity contribution in [3.63, 3.8) is 0 Å². The van der Waals surface area contributed by atoms with Gasteiger partial charge in [-0.25, -0.2) is 0 Å². The van der Waals surface area contributed by atoms with Crippen molar-refractivity contribution >= 4 is 5.91 Å². The van der Waals surface area contributed by atoms with Crippen LogP contribution in [0.5, 0.6) is 5.75 Å². The number of carbonyl (C=O) groups is 1. The topological polar surface area (TPSA) is 72.2 Å². The van der Waals surface area contributed by atoms with Gasteiger partial charge in [-0.1, -0.05) is 18.2 Å². The van der Waals surface area contributed by atoms with Crippen molar-refractivity contribution in [2.75, 3.05) is 33.4 Å². The molecule has 6 heteroatoms. The first-order valence-electron chi connectivity index (χ1n) is 8.77. The first kappa shape index (κ1) is 21.4. The van der Waals surface area contributed by atoms with Crippen LogP contribution in [0.25, 0.3) is 0 Å². The Bertz CT molecular complexity index is 528. The van der Waals surface area contributed by atoms with E-state index in [1.54, 1.807) is 7.11 Å². The maximum Gasteiger partial charge on any atom is 0.275 e. The monoisotopic (exact) mass is 353 g/mol. The fourth-order valence-corrected chi connectivity index (χ4v) is 2.55. The van der Waals surface area contributed by atoms with Gasteiger partial charge in [0.25, 0.3) is 5.91 Å². The quantitative estimate of drug-likeness (QED) is 0.569. The van der Waals surface area contributed by atoms with Crippen LogP contribution in [0.2, 0.25) is 0 Å². The Labute approximate surface area is 151 Å². The number of methoxy groups -OCH3 is 1. The lowest BCUT2D eigenvalue weighted by molar-refractivity contribution is -0.893. The molecule has 0 aliphatic rings. The summed E-state index contributed by atoms with van der Waals surface area (Å²) in [5.74, 6) is 0.767. The van der Waals surface area contributed by atoms with Crippen molar-refractivity contribution in [3.8, 4) is 5.75 Å². The zero-order valence-corrected chi connectivity index (χ0v) is 16.1. The predicted molar refractivity (Wildman–Crippen MR) is 97.8 cm³/mol.